The molecule has 0 aromatic heterocycles. The maximum atomic E-state index is 12.3. The Balaban J connectivity index is 1.86. The van der Waals surface area contributed by atoms with Gasteiger partial charge in [0.15, 0.2) is 6.10 Å². The lowest BCUT2D eigenvalue weighted by atomic mass is 10.1. The maximum absolute atomic E-state index is 12.3. The Hall–Kier alpha value is -2.53. The highest BCUT2D eigenvalue weighted by molar-refractivity contribution is 6.34. The van der Waals surface area contributed by atoms with Crippen molar-refractivity contribution in [2.45, 2.75) is 13.0 Å². The minimum Gasteiger partial charge on any atom is -0.479 e. The molecule has 3 rings (SSSR count). The summed E-state index contributed by atoms with van der Waals surface area (Å²) in [7, 11) is 1.70. The van der Waals surface area contributed by atoms with Gasteiger partial charge in [0.25, 0.3) is 11.8 Å². The molecular formula is C17H15ClN2O3. The minimum atomic E-state index is -0.554. The van der Waals surface area contributed by atoms with E-state index in [-0.39, 0.29) is 11.8 Å². The molecule has 0 spiro atoms. The van der Waals surface area contributed by atoms with Crippen LogP contribution in [0.4, 0.5) is 11.4 Å². The van der Waals surface area contributed by atoms with Gasteiger partial charge in [-0.3, -0.25) is 9.59 Å². The summed E-state index contributed by atoms with van der Waals surface area (Å²) in [6.45, 7) is 1.69. The topological polar surface area (TPSA) is 58.6 Å². The SMILES string of the molecule is CC1Oc2cc(NC(=O)c3ccccc3Cl)ccc2N(C)C1=O. The van der Waals surface area contributed by atoms with Gasteiger partial charge in [-0.25, -0.2) is 0 Å². The van der Waals surface area contributed by atoms with Gasteiger partial charge in [0, 0.05) is 18.8 Å². The third-order valence-electron chi connectivity index (χ3n) is 3.68. The molecule has 1 N–H and O–H groups in total. The second-order valence-corrected chi connectivity index (χ2v) is 5.68. The van der Waals surface area contributed by atoms with Crippen molar-refractivity contribution in [2.24, 2.45) is 0 Å². The van der Waals surface area contributed by atoms with Crippen LogP contribution >= 0.6 is 11.6 Å². The van der Waals surface area contributed by atoms with Crippen molar-refractivity contribution < 1.29 is 14.3 Å². The molecule has 5 nitrogen and oxygen atoms in total. The van der Waals surface area contributed by atoms with E-state index in [1.807, 2.05) is 0 Å². The number of carbonyl (C=O) groups excluding carboxylic acids is 2. The van der Waals surface area contributed by atoms with Crippen LogP contribution in [-0.2, 0) is 4.79 Å². The van der Waals surface area contributed by atoms with E-state index in [0.717, 1.165) is 0 Å². The Labute approximate surface area is 138 Å². The molecule has 118 valence electrons. The second kappa shape index (κ2) is 5.93. The van der Waals surface area contributed by atoms with Crippen molar-refractivity contribution >= 4 is 34.8 Å². The van der Waals surface area contributed by atoms with Crippen LogP contribution in [0, 0.1) is 0 Å². The van der Waals surface area contributed by atoms with Gasteiger partial charge in [-0.15, -0.1) is 0 Å². The first kappa shape index (κ1) is 15.4. The predicted octanol–water partition coefficient (Wildman–Crippen LogP) is 3.34. The van der Waals surface area contributed by atoms with Gasteiger partial charge in [-0.2, -0.15) is 0 Å². The van der Waals surface area contributed by atoms with Crippen LogP contribution < -0.4 is 15.0 Å². The number of nitrogens with zero attached hydrogens (tertiary/aromatic N) is 1. The smallest absolute Gasteiger partial charge is 0.267 e. The average Bonchev–Trinajstić information content (AvgIpc) is 2.53. The Kier molecular flexibility index (Phi) is 3.96. The number of halogens is 1. The van der Waals surface area contributed by atoms with E-state index in [1.54, 1.807) is 61.3 Å². The van der Waals surface area contributed by atoms with Crippen molar-refractivity contribution in [1.29, 1.82) is 0 Å². The number of hydrogen-bond acceptors (Lipinski definition) is 3. The number of rotatable bonds is 2. The van der Waals surface area contributed by atoms with Crippen LogP contribution in [0.2, 0.25) is 5.02 Å². The van der Waals surface area contributed by atoms with Gasteiger partial charge in [0.2, 0.25) is 0 Å². The fourth-order valence-corrected chi connectivity index (χ4v) is 2.66. The number of amides is 2. The summed E-state index contributed by atoms with van der Waals surface area (Å²) < 4.78 is 5.60. The molecule has 1 unspecified atom stereocenters. The fraction of sp³-hybridized carbons (Fsp3) is 0.176. The molecule has 0 saturated heterocycles. The number of hydrogen-bond donors (Lipinski definition) is 1. The molecule has 0 bridgehead atoms. The first-order valence-electron chi connectivity index (χ1n) is 7.11. The summed E-state index contributed by atoms with van der Waals surface area (Å²) >= 11 is 6.03. The van der Waals surface area contributed by atoms with E-state index < -0.39 is 6.10 Å². The molecular weight excluding hydrogens is 316 g/mol. The lowest BCUT2D eigenvalue weighted by Crippen LogP contribution is -2.41. The van der Waals surface area contributed by atoms with Crippen molar-refractivity contribution in [2.75, 3.05) is 17.3 Å². The molecule has 1 atom stereocenters. The molecule has 1 heterocycles. The molecule has 6 heteroatoms. The number of ether oxygens (including phenoxy) is 1. The highest BCUT2D eigenvalue weighted by atomic mass is 35.5. The van der Waals surface area contributed by atoms with E-state index in [9.17, 15) is 9.59 Å². The number of nitrogens with one attached hydrogen (secondary N) is 1. The maximum Gasteiger partial charge on any atom is 0.267 e. The number of fused-ring (bicyclic) bond motifs is 1. The number of carbonyl (C=O) groups is 2. The fourth-order valence-electron chi connectivity index (χ4n) is 2.44. The monoisotopic (exact) mass is 330 g/mol. The lowest BCUT2D eigenvalue weighted by molar-refractivity contribution is -0.125. The van der Waals surface area contributed by atoms with Gasteiger partial charge in [-0.05, 0) is 31.2 Å². The predicted molar refractivity (Wildman–Crippen MR) is 89.3 cm³/mol. The number of likely N-dealkylation sites (N-methyl/N-ethyl adjacent to an activating group) is 1. The molecule has 0 fully saturated rings. The molecule has 23 heavy (non-hydrogen) atoms. The molecule has 0 saturated carbocycles. The summed E-state index contributed by atoms with van der Waals surface area (Å²) in [4.78, 5) is 25.7. The van der Waals surface area contributed by atoms with Crippen molar-refractivity contribution in [1.82, 2.24) is 0 Å². The lowest BCUT2D eigenvalue weighted by Gasteiger charge is -2.30. The van der Waals surface area contributed by atoms with Crippen LogP contribution in [-0.4, -0.2) is 25.0 Å². The highest BCUT2D eigenvalue weighted by Crippen LogP contribution is 2.35. The van der Waals surface area contributed by atoms with Crippen LogP contribution in [0.25, 0.3) is 0 Å². The van der Waals surface area contributed by atoms with Crippen molar-refractivity contribution in [3.05, 3.63) is 53.1 Å². The van der Waals surface area contributed by atoms with Crippen LogP contribution in [0.1, 0.15) is 17.3 Å². The first-order chi connectivity index (χ1) is 11.0. The first-order valence-corrected chi connectivity index (χ1v) is 7.49. The van der Waals surface area contributed by atoms with Gasteiger partial charge >= 0.3 is 0 Å². The van der Waals surface area contributed by atoms with Gasteiger partial charge in [-0.1, -0.05) is 23.7 Å². The third-order valence-corrected chi connectivity index (χ3v) is 4.01. The van der Waals surface area contributed by atoms with Gasteiger partial charge in [0.05, 0.1) is 16.3 Å². The normalized spacial score (nSPS) is 16.6. The molecule has 2 amide bonds. The van der Waals surface area contributed by atoms with Gasteiger partial charge < -0.3 is 15.0 Å². The zero-order valence-electron chi connectivity index (χ0n) is 12.7. The standard InChI is InChI=1S/C17H15ClN2O3/c1-10-17(22)20(2)14-8-7-11(9-15(14)23-10)19-16(21)12-5-3-4-6-13(12)18/h3-10H,1-2H3,(H,19,21). The van der Waals surface area contributed by atoms with E-state index in [1.165, 1.54) is 0 Å². The van der Waals surface area contributed by atoms with Crippen LogP contribution in [0.3, 0.4) is 0 Å². The Morgan fingerprint density at radius 3 is 2.74 bits per heavy atom. The minimum absolute atomic E-state index is 0.106. The highest BCUT2D eigenvalue weighted by Gasteiger charge is 2.29. The number of anilines is 2. The summed E-state index contributed by atoms with van der Waals surface area (Å²) in [6.07, 6.45) is -0.554. The van der Waals surface area contributed by atoms with E-state index >= 15 is 0 Å². The molecule has 0 aliphatic carbocycles. The molecule has 2 aromatic carbocycles. The molecule has 2 aromatic rings. The van der Waals surface area contributed by atoms with Crippen LogP contribution in [0.5, 0.6) is 5.75 Å². The number of benzene rings is 2. The third kappa shape index (κ3) is 2.87. The van der Waals surface area contributed by atoms with Gasteiger partial charge in [0.1, 0.15) is 5.75 Å². The van der Waals surface area contributed by atoms with E-state index in [0.29, 0.717) is 27.7 Å². The van der Waals surface area contributed by atoms with Crippen molar-refractivity contribution in [3.63, 3.8) is 0 Å². The Morgan fingerprint density at radius 1 is 1.26 bits per heavy atom. The largest absolute Gasteiger partial charge is 0.479 e. The quantitative estimate of drug-likeness (QED) is 0.918. The zero-order valence-corrected chi connectivity index (χ0v) is 13.4. The van der Waals surface area contributed by atoms with Crippen LogP contribution in [0.15, 0.2) is 42.5 Å². The molecule has 1 aliphatic rings. The summed E-state index contributed by atoms with van der Waals surface area (Å²) in [5.41, 5.74) is 1.64. The Bertz CT molecular complexity index is 791. The van der Waals surface area contributed by atoms with Crippen molar-refractivity contribution in [3.8, 4) is 5.75 Å². The summed E-state index contributed by atoms with van der Waals surface area (Å²) in [5.74, 6) is 0.144. The van der Waals surface area contributed by atoms with E-state index in [2.05, 4.69) is 5.32 Å². The molecule has 1 aliphatic heterocycles. The summed E-state index contributed by atoms with van der Waals surface area (Å²) in [5, 5.41) is 3.17. The molecule has 0 radical (unpaired) electrons. The zero-order chi connectivity index (χ0) is 16.6. The average molecular weight is 331 g/mol. The second-order valence-electron chi connectivity index (χ2n) is 5.27. The van der Waals surface area contributed by atoms with E-state index in [4.69, 9.17) is 16.3 Å². The summed E-state index contributed by atoms with van der Waals surface area (Å²) in [6, 6.07) is 12.0. The Morgan fingerprint density at radius 2 is 2.00 bits per heavy atom.